The second-order valence-electron chi connectivity index (χ2n) is 5.17. The quantitative estimate of drug-likeness (QED) is 0.866. The molecule has 0 saturated heterocycles. The largest absolute Gasteiger partial charge is 0.396 e. The SMILES string of the molecule is Cc1ncsc1C(=O)N[C@@H](CCO)C(C)(C)C. The number of carbonyl (C=O) groups is 1. The molecule has 4 nitrogen and oxygen atoms in total. The first-order valence-corrected chi connectivity index (χ1v) is 6.56. The fraction of sp³-hybridized carbons (Fsp3) is 0.667. The highest BCUT2D eigenvalue weighted by atomic mass is 32.1. The van der Waals surface area contributed by atoms with Gasteiger partial charge in [0.1, 0.15) is 4.88 Å². The van der Waals surface area contributed by atoms with Crippen molar-refractivity contribution in [3.8, 4) is 0 Å². The Kier molecular flexibility index (Phi) is 4.65. The van der Waals surface area contributed by atoms with Crippen molar-refractivity contribution in [1.29, 1.82) is 0 Å². The Labute approximate surface area is 106 Å². The third-order valence-corrected chi connectivity index (χ3v) is 3.65. The van der Waals surface area contributed by atoms with Crippen molar-refractivity contribution in [3.63, 3.8) is 0 Å². The molecule has 1 amide bonds. The number of hydrogen-bond donors (Lipinski definition) is 2. The first-order valence-electron chi connectivity index (χ1n) is 5.68. The molecule has 0 aliphatic heterocycles. The number of carbonyl (C=O) groups excluding carboxylic acids is 1. The minimum Gasteiger partial charge on any atom is -0.396 e. The van der Waals surface area contributed by atoms with Crippen molar-refractivity contribution >= 4 is 17.2 Å². The van der Waals surface area contributed by atoms with Crippen LogP contribution in [0.5, 0.6) is 0 Å². The molecule has 0 unspecified atom stereocenters. The van der Waals surface area contributed by atoms with Gasteiger partial charge in [-0.2, -0.15) is 0 Å². The van der Waals surface area contributed by atoms with E-state index in [1.807, 2.05) is 27.7 Å². The van der Waals surface area contributed by atoms with Crippen molar-refractivity contribution in [1.82, 2.24) is 10.3 Å². The molecule has 0 aliphatic rings. The molecule has 96 valence electrons. The molecule has 1 aromatic heterocycles. The molecular weight excluding hydrogens is 236 g/mol. The van der Waals surface area contributed by atoms with Crippen molar-refractivity contribution in [2.24, 2.45) is 5.41 Å². The highest BCUT2D eigenvalue weighted by molar-refractivity contribution is 7.11. The zero-order chi connectivity index (χ0) is 13.1. The molecule has 0 aromatic carbocycles. The maximum Gasteiger partial charge on any atom is 0.263 e. The second-order valence-corrected chi connectivity index (χ2v) is 6.03. The fourth-order valence-electron chi connectivity index (χ4n) is 1.59. The van der Waals surface area contributed by atoms with Crippen LogP contribution in [0.1, 0.15) is 42.6 Å². The molecular formula is C12H20N2O2S. The maximum absolute atomic E-state index is 12.0. The van der Waals surface area contributed by atoms with Crippen LogP contribution in [-0.2, 0) is 0 Å². The molecule has 0 aliphatic carbocycles. The highest BCUT2D eigenvalue weighted by Crippen LogP contribution is 2.22. The van der Waals surface area contributed by atoms with Gasteiger partial charge >= 0.3 is 0 Å². The highest BCUT2D eigenvalue weighted by Gasteiger charge is 2.26. The zero-order valence-electron chi connectivity index (χ0n) is 10.8. The maximum atomic E-state index is 12.0. The average molecular weight is 256 g/mol. The number of aryl methyl sites for hydroxylation is 1. The number of aliphatic hydroxyl groups excluding tert-OH is 1. The van der Waals surface area contributed by atoms with Gasteiger partial charge in [-0.15, -0.1) is 11.3 Å². The summed E-state index contributed by atoms with van der Waals surface area (Å²) in [5, 5.41) is 12.0. The Balaban J connectivity index is 2.75. The van der Waals surface area contributed by atoms with Gasteiger partial charge in [-0.3, -0.25) is 4.79 Å². The summed E-state index contributed by atoms with van der Waals surface area (Å²) in [6.45, 7) is 8.04. The summed E-state index contributed by atoms with van der Waals surface area (Å²) in [5.74, 6) is -0.0987. The topological polar surface area (TPSA) is 62.2 Å². The van der Waals surface area contributed by atoms with Crippen LogP contribution in [0.4, 0.5) is 0 Å². The summed E-state index contributed by atoms with van der Waals surface area (Å²) in [6.07, 6.45) is 0.563. The van der Waals surface area contributed by atoms with Crippen LogP contribution in [0, 0.1) is 12.3 Å². The molecule has 0 fully saturated rings. The number of nitrogens with one attached hydrogen (secondary N) is 1. The van der Waals surface area contributed by atoms with Crippen LogP contribution in [0.15, 0.2) is 5.51 Å². The fourth-order valence-corrected chi connectivity index (χ4v) is 2.30. The first-order chi connectivity index (χ1) is 7.86. The minimum absolute atomic E-state index is 0.0403. The van der Waals surface area contributed by atoms with Gasteiger partial charge in [-0.05, 0) is 18.8 Å². The molecule has 17 heavy (non-hydrogen) atoms. The predicted octanol–water partition coefficient (Wildman–Crippen LogP) is 1.98. The molecule has 1 heterocycles. The van der Waals surface area contributed by atoms with Gasteiger partial charge in [0.05, 0.1) is 11.2 Å². The molecule has 1 aromatic rings. The third-order valence-electron chi connectivity index (χ3n) is 2.72. The van der Waals surface area contributed by atoms with Crippen LogP contribution in [-0.4, -0.2) is 28.6 Å². The van der Waals surface area contributed by atoms with E-state index in [0.29, 0.717) is 11.3 Å². The summed E-state index contributed by atoms with van der Waals surface area (Å²) in [7, 11) is 0. The number of hydrogen-bond acceptors (Lipinski definition) is 4. The summed E-state index contributed by atoms with van der Waals surface area (Å²) in [4.78, 5) is 16.7. The molecule has 1 rings (SSSR count). The van der Waals surface area contributed by atoms with Crippen LogP contribution in [0.25, 0.3) is 0 Å². The van der Waals surface area contributed by atoms with E-state index in [9.17, 15) is 4.79 Å². The monoisotopic (exact) mass is 256 g/mol. The van der Waals surface area contributed by atoms with E-state index < -0.39 is 0 Å². The van der Waals surface area contributed by atoms with Crippen molar-refractivity contribution in [3.05, 3.63) is 16.1 Å². The van der Waals surface area contributed by atoms with E-state index in [1.54, 1.807) is 5.51 Å². The summed E-state index contributed by atoms with van der Waals surface area (Å²) in [5.41, 5.74) is 2.35. The van der Waals surface area contributed by atoms with Crippen LogP contribution < -0.4 is 5.32 Å². The molecule has 0 saturated carbocycles. The third kappa shape index (κ3) is 3.78. The van der Waals surface area contributed by atoms with Gasteiger partial charge < -0.3 is 10.4 Å². The van der Waals surface area contributed by atoms with E-state index in [4.69, 9.17) is 5.11 Å². The predicted molar refractivity (Wildman–Crippen MR) is 69.3 cm³/mol. The van der Waals surface area contributed by atoms with E-state index >= 15 is 0 Å². The number of aromatic nitrogens is 1. The lowest BCUT2D eigenvalue weighted by Crippen LogP contribution is -2.44. The number of thiazole rings is 1. The molecule has 0 spiro atoms. The molecule has 0 radical (unpaired) electrons. The number of aliphatic hydroxyl groups is 1. The Morgan fingerprint density at radius 3 is 2.65 bits per heavy atom. The second kappa shape index (κ2) is 5.60. The Morgan fingerprint density at radius 2 is 2.24 bits per heavy atom. The lowest BCUT2D eigenvalue weighted by atomic mass is 9.85. The molecule has 2 N–H and O–H groups in total. The standard InChI is InChI=1S/C12H20N2O2S/c1-8-10(17-7-13-8)11(16)14-9(5-6-15)12(2,3)4/h7,9,15H,5-6H2,1-4H3,(H,14,16)/t9-/m0/s1. The van der Waals surface area contributed by atoms with Crippen molar-refractivity contribution in [2.75, 3.05) is 6.61 Å². The van der Waals surface area contributed by atoms with Crippen molar-refractivity contribution < 1.29 is 9.90 Å². The molecule has 0 bridgehead atoms. The van der Waals surface area contributed by atoms with E-state index in [2.05, 4.69) is 10.3 Å². The van der Waals surface area contributed by atoms with Gasteiger partial charge in [0.15, 0.2) is 0 Å². The number of nitrogens with zero attached hydrogens (tertiary/aromatic N) is 1. The van der Waals surface area contributed by atoms with Gasteiger partial charge in [-0.1, -0.05) is 20.8 Å². The van der Waals surface area contributed by atoms with Crippen LogP contribution in [0.2, 0.25) is 0 Å². The average Bonchev–Trinajstić information content (AvgIpc) is 2.62. The lowest BCUT2D eigenvalue weighted by molar-refractivity contribution is 0.0888. The van der Waals surface area contributed by atoms with E-state index in [-0.39, 0.29) is 24.0 Å². The Morgan fingerprint density at radius 1 is 1.59 bits per heavy atom. The molecule has 5 heteroatoms. The summed E-state index contributed by atoms with van der Waals surface area (Å²) in [6, 6.07) is -0.0403. The van der Waals surface area contributed by atoms with Gasteiger partial charge in [0.2, 0.25) is 0 Å². The first kappa shape index (κ1) is 14.1. The van der Waals surface area contributed by atoms with Crippen LogP contribution in [0.3, 0.4) is 0 Å². The Bertz CT molecular complexity index is 382. The van der Waals surface area contributed by atoms with Crippen molar-refractivity contribution in [2.45, 2.75) is 40.2 Å². The number of amides is 1. The van der Waals surface area contributed by atoms with E-state index in [0.717, 1.165) is 5.69 Å². The summed E-state index contributed by atoms with van der Waals surface area (Å²) < 4.78 is 0. The van der Waals surface area contributed by atoms with Gasteiger partial charge in [-0.25, -0.2) is 4.98 Å². The normalized spacial score (nSPS) is 13.5. The summed E-state index contributed by atoms with van der Waals surface area (Å²) >= 11 is 1.34. The number of rotatable bonds is 4. The smallest absolute Gasteiger partial charge is 0.263 e. The zero-order valence-corrected chi connectivity index (χ0v) is 11.6. The van der Waals surface area contributed by atoms with E-state index in [1.165, 1.54) is 11.3 Å². The molecule has 1 atom stereocenters. The van der Waals surface area contributed by atoms with Crippen LogP contribution >= 0.6 is 11.3 Å². The lowest BCUT2D eigenvalue weighted by Gasteiger charge is -2.31. The Hall–Kier alpha value is -0.940. The minimum atomic E-state index is -0.0987. The van der Waals surface area contributed by atoms with Gasteiger partial charge in [0, 0.05) is 12.6 Å². The van der Waals surface area contributed by atoms with Gasteiger partial charge in [0.25, 0.3) is 5.91 Å².